The summed E-state index contributed by atoms with van der Waals surface area (Å²) in [5, 5.41) is 0. The molecule has 3 unspecified atom stereocenters. The zero-order valence-electron chi connectivity index (χ0n) is 18.7. The third kappa shape index (κ3) is 10.1. The molecule has 6 nitrogen and oxygen atoms in total. The van der Waals surface area contributed by atoms with Crippen LogP contribution in [0.25, 0.3) is 0 Å². The SMILES string of the molecule is CCC(C)(C)C(=O)OCC(C)OCC(C)OCC(C)OC(=O)C(C)(C)CC. The molecule has 0 spiro atoms. The maximum atomic E-state index is 12.0. The Balaban J connectivity index is 4.07. The van der Waals surface area contributed by atoms with E-state index in [9.17, 15) is 9.59 Å². The number of hydrogen-bond donors (Lipinski definition) is 0. The Bertz CT molecular complexity index is 458. The maximum absolute atomic E-state index is 12.0. The largest absolute Gasteiger partial charge is 0.463 e. The molecule has 0 amide bonds. The predicted octanol–water partition coefficient (Wildman–Crippen LogP) is 4.14. The van der Waals surface area contributed by atoms with E-state index < -0.39 is 10.8 Å². The molecule has 0 heterocycles. The summed E-state index contributed by atoms with van der Waals surface area (Å²) >= 11 is 0. The smallest absolute Gasteiger partial charge is 0.311 e. The van der Waals surface area contributed by atoms with Gasteiger partial charge in [-0.25, -0.2) is 0 Å². The average molecular weight is 389 g/mol. The van der Waals surface area contributed by atoms with E-state index in [4.69, 9.17) is 18.9 Å². The van der Waals surface area contributed by atoms with E-state index in [1.165, 1.54) is 0 Å². The molecule has 0 aromatic heterocycles. The lowest BCUT2D eigenvalue weighted by Crippen LogP contribution is -2.33. The van der Waals surface area contributed by atoms with E-state index in [2.05, 4.69) is 0 Å². The van der Waals surface area contributed by atoms with Gasteiger partial charge in [0.25, 0.3) is 0 Å². The molecule has 6 heteroatoms. The van der Waals surface area contributed by atoms with Crippen LogP contribution in [0, 0.1) is 10.8 Å². The third-order valence-electron chi connectivity index (χ3n) is 4.86. The highest BCUT2D eigenvalue weighted by atomic mass is 16.6. The van der Waals surface area contributed by atoms with Crippen molar-refractivity contribution in [3.63, 3.8) is 0 Å². The van der Waals surface area contributed by atoms with Crippen molar-refractivity contribution >= 4 is 11.9 Å². The molecule has 0 saturated heterocycles. The Kier molecular flexibility index (Phi) is 11.2. The van der Waals surface area contributed by atoms with Gasteiger partial charge in [0, 0.05) is 0 Å². The first kappa shape index (κ1) is 25.9. The van der Waals surface area contributed by atoms with Crippen LogP contribution < -0.4 is 0 Å². The monoisotopic (exact) mass is 388 g/mol. The summed E-state index contributed by atoms with van der Waals surface area (Å²) in [4.78, 5) is 24.0. The summed E-state index contributed by atoms with van der Waals surface area (Å²) < 4.78 is 22.1. The van der Waals surface area contributed by atoms with Gasteiger partial charge in [0.1, 0.15) is 12.7 Å². The number of carbonyl (C=O) groups excluding carboxylic acids is 2. The lowest BCUT2D eigenvalue weighted by atomic mass is 9.91. The molecular weight excluding hydrogens is 348 g/mol. The number of esters is 2. The normalized spacial score (nSPS) is 15.7. The van der Waals surface area contributed by atoms with Crippen LogP contribution in [-0.4, -0.2) is 50.1 Å². The number of rotatable bonds is 13. The van der Waals surface area contributed by atoms with Crippen LogP contribution in [0.4, 0.5) is 0 Å². The van der Waals surface area contributed by atoms with Crippen LogP contribution in [0.3, 0.4) is 0 Å². The van der Waals surface area contributed by atoms with Crippen LogP contribution in [-0.2, 0) is 28.5 Å². The van der Waals surface area contributed by atoms with Crippen molar-refractivity contribution in [2.24, 2.45) is 10.8 Å². The Hall–Kier alpha value is -1.14. The van der Waals surface area contributed by atoms with Gasteiger partial charge in [-0.1, -0.05) is 13.8 Å². The summed E-state index contributed by atoms with van der Waals surface area (Å²) in [6.07, 6.45) is 0.760. The first-order valence-corrected chi connectivity index (χ1v) is 9.97. The van der Waals surface area contributed by atoms with Gasteiger partial charge < -0.3 is 18.9 Å². The van der Waals surface area contributed by atoms with Crippen LogP contribution in [0.15, 0.2) is 0 Å². The number of hydrogen-bond acceptors (Lipinski definition) is 6. The first-order chi connectivity index (χ1) is 12.4. The van der Waals surface area contributed by atoms with E-state index in [1.807, 2.05) is 62.3 Å². The zero-order valence-corrected chi connectivity index (χ0v) is 18.7. The second-order valence-corrected chi connectivity index (χ2v) is 8.58. The molecule has 0 bridgehead atoms. The summed E-state index contributed by atoms with van der Waals surface area (Å²) in [6, 6.07) is 0. The number of ether oxygens (including phenoxy) is 4. The summed E-state index contributed by atoms with van der Waals surface area (Å²) in [5.74, 6) is -0.425. The lowest BCUT2D eigenvalue weighted by molar-refractivity contribution is -0.164. The highest BCUT2D eigenvalue weighted by Gasteiger charge is 2.29. The van der Waals surface area contributed by atoms with Gasteiger partial charge in [0.2, 0.25) is 0 Å². The third-order valence-corrected chi connectivity index (χ3v) is 4.86. The minimum Gasteiger partial charge on any atom is -0.463 e. The van der Waals surface area contributed by atoms with E-state index >= 15 is 0 Å². The van der Waals surface area contributed by atoms with Crippen molar-refractivity contribution in [2.75, 3.05) is 19.8 Å². The second-order valence-electron chi connectivity index (χ2n) is 8.58. The lowest BCUT2D eigenvalue weighted by Gasteiger charge is -2.25. The van der Waals surface area contributed by atoms with Crippen molar-refractivity contribution < 1.29 is 28.5 Å². The van der Waals surface area contributed by atoms with Crippen LogP contribution in [0.5, 0.6) is 0 Å². The highest BCUT2D eigenvalue weighted by Crippen LogP contribution is 2.22. The Morgan fingerprint density at radius 3 is 1.59 bits per heavy atom. The highest BCUT2D eigenvalue weighted by molar-refractivity contribution is 5.76. The minimum absolute atomic E-state index is 0.157. The quantitative estimate of drug-likeness (QED) is 0.442. The van der Waals surface area contributed by atoms with Gasteiger partial charge in [-0.3, -0.25) is 9.59 Å². The van der Waals surface area contributed by atoms with Crippen LogP contribution in [0.2, 0.25) is 0 Å². The van der Waals surface area contributed by atoms with Crippen LogP contribution in [0.1, 0.15) is 75.2 Å². The molecule has 0 aliphatic rings. The maximum Gasteiger partial charge on any atom is 0.311 e. The van der Waals surface area contributed by atoms with Crippen molar-refractivity contribution in [3.8, 4) is 0 Å². The van der Waals surface area contributed by atoms with E-state index in [0.717, 1.165) is 12.8 Å². The molecule has 27 heavy (non-hydrogen) atoms. The van der Waals surface area contributed by atoms with E-state index in [0.29, 0.717) is 13.2 Å². The molecule has 160 valence electrons. The number of carbonyl (C=O) groups is 2. The van der Waals surface area contributed by atoms with Gasteiger partial charge in [0.15, 0.2) is 0 Å². The van der Waals surface area contributed by atoms with Crippen LogP contribution >= 0.6 is 0 Å². The van der Waals surface area contributed by atoms with Crippen molar-refractivity contribution in [1.82, 2.24) is 0 Å². The Morgan fingerprint density at radius 1 is 0.704 bits per heavy atom. The van der Waals surface area contributed by atoms with Gasteiger partial charge in [-0.05, 0) is 61.3 Å². The fourth-order valence-electron chi connectivity index (χ4n) is 1.75. The summed E-state index contributed by atoms with van der Waals surface area (Å²) in [7, 11) is 0. The molecule has 0 aliphatic carbocycles. The predicted molar refractivity (Wildman–Crippen MR) is 105 cm³/mol. The molecule has 0 radical (unpaired) electrons. The van der Waals surface area contributed by atoms with Crippen molar-refractivity contribution in [2.45, 2.75) is 93.5 Å². The second kappa shape index (κ2) is 11.6. The molecule has 3 atom stereocenters. The summed E-state index contributed by atoms with van der Waals surface area (Å²) in [5.41, 5.74) is -0.960. The Morgan fingerprint density at radius 2 is 1.11 bits per heavy atom. The molecule has 0 N–H and O–H groups in total. The zero-order chi connectivity index (χ0) is 21.3. The van der Waals surface area contributed by atoms with E-state index in [1.54, 1.807) is 0 Å². The first-order valence-electron chi connectivity index (χ1n) is 9.97. The standard InChI is InChI=1S/C21H40O6/c1-10-20(6,7)18(22)26-13-16(4)24-12-15(3)25-14-17(5)27-19(23)21(8,9)11-2/h15-17H,10-14H2,1-9H3. The fourth-order valence-corrected chi connectivity index (χ4v) is 1.75. The Labute approximate surface area is 165 Å². The van der Waals surface area contributed by atoms with E-state index in [-0.39, 0.29) is 36.9 Å². The molecule has 0 aromatic carbocycles. The molecule has 0 rings (SSSR count). The average Bonchev–Trinajstić information content (AvgIpc) is 2.62. The fraction of sp³-hybridized carbons (Fsp3) is 0.905. The molecule has 0 aliphatic heterocycles. The molecule has 0 saturated carbocycles. The van der Waals surface area contributed by atoms with Crippen molar-refractivity contribution in [3.05, 3.63) is 0 Å². The topological polar surface area (TPSA) is 71.1 Å². The molecular formula is C21H40O6. The van der Waals surface area contributed by atoms with Crippen molar-refractivity contribution in [1.29, 1.82) is 0 Å². The minimum atomic E-state index is -0.484. The summed E-state index contributed by atoms with van der Waals surface area (Å²) in [6.45, 7) is 17.9. The van der Waals surface area contributed by atoms with Gasteiger partial charge in [0.05, 0.1) is 36.3 Å². The van der Waals surface area contributed by atoms with Gasteiger partial charge in [-0.2, -0.15) is 0 Å². The van der Waals surface area contributed by atoms with Gasteiger partial charge >= 0.3 is 11.9 Å². The van der Waals surface area contributed by atoms with Gasteiger partial charge in [-0.15, -0.1) is 0 Å². The molecule has 0 aromatic rings. The molecule has 0 fully saturated rings.